The molecule has 1 amide bonds. The third kappa shape index (κ3) is 3.43. The van der Waals surface area contributed by atoms with Gasteiger partial charge in [-0.25, -0.2) is 0 Å². The summed E-state index contributed by atoms with van der Waals surface area (Å²) in [7, 11) is -4.55. The Morgan fingerprint density at radius 2 is 1.45 bits per heavy atom. The maximum Gasteiger partial charge on any atom is 0.281 e. The van der Waals surface area contributed by atoms with Crippen molar-refractivity contribution in [3.05, 3.63) is 66.2 Å². The minimum absolute atomic E-state index is 0.212. The van der Waals surface area contributed by atoms with Crippen molar-refractivity contribution in [3.8, 4) is 0 Å². The molecule has 2 aromatic carbocycles. The van der Waals surface area contributed by atoms with Gasteiger partial charge in [0, 0.05) is 5.69 Å². The molecule has 1 atom stereocenters. The molecule has 0 bridgehead atoms. The van der Waals surface area contributed by atoms with Crippen LogP contribution in [0.15, 0.2) is 60.7 Å². The Morgan fingerprint density at radius 3 is 1.95 bits per heavy atom. The zero-order valence-electron chi connectivity index (χ0n) is 10.4. The first-order valence-electron chi connectivity index (χ1n) is 5.85. The molecule has 0 spiro atoms. The quantitative estimate of drug-likeness (QED) is 0.846. The van der Waals surface area contributed by atoms with Crippen molar-refractivity contribution in [2.45, 2.75) is 5.25 Å². The van der Waals surface area contributed by atoms with E-state index in [1.807, 2.05) is 0 Å². The second-order valence-electron chi connectivity index (χ2n) is 4.16. The number of anilines is 1. The van der Waals surface area contributed by atoms with E-state index in [0.29, 0.717) is 5.69 Å². The summed E-state index contributed by atoms with van der Waals surface area (Å²) < 4.78 is 32.2. The molecule has 0 aromatic heterocycles. The highest BCUT2D eigenvalue weighted by Crippen LogP contribution is 2.23. The molecule has 104 valence electrons. The SMILES string of the molecule is O=C(Nc1ccccc1)[C@H](c1ccccc1)S(=O)(=O)O. The van der Waals surface area contributed by atoms with Gasteiger partial charge in [-0.1, -0.05) is 48.5 Å². The molecule has 0 aliphatic rings. The average molecular weight is 291 g/mol. The lowest BCUT2D eigenvalue weighted by molar-refractivity contribution is -0.116. The van der Waals surface area contributed by atoms with Crippen molar-refractivity contribution in [1.82, 2.24) is 0 Å². The topological polar surface area (TPSA) is 83.5 Å². The van der Waals surface area contributed by atoms with E-state index in [2.05, 4.69) is 5.32 Å². The van der Waals surface area contributed by atoms with Gasteiger partial charge in [0.1, 0.15) is 0 Å². The van der Waals surface area contributed by atoms with Crippen molar-refractivity contribution in [2.75, 3.05) is 5.32 Å². The van der Waals surface area contributed by atoms with Gasteiger partial charge in [0.15, 0.2) is 5.25 Å². The number of hydrogen-bond donors (Lipinski definition) is 2. The first-order chi connectivity index (χ1) is 9.48. The van der Waals surface area contributed by atoms with E-state index in [9.17, 15) is 17.8 Å². The number of amides is 1. The lowest BCUT2D eigenvalue weighted by atomic mass is 10.1. The molecule has 5 nitrogen and oxygen atoms in total. The Labute approximate surface area is 117 Å². The minimum Gasteiger partial charge on any atom is -0.325 e. The van der Waals surface area contributed by atoms with E-state index in [4.69, 9.17) is 0 Å². The molecule has 6 heteroatoms. The van der Waals surface area contributed by atoms with Gasteiger partial charge in [0.25, 0.3) is 10.1 Å². The molecule has 0 heterocycles. The molecule has 0 saturated heterocycles. The summed E-state index contributed by atoms with van der Waals surface area (Å²) in [4.78, 5) is 12.1. The van der Waals surface area contributed by atoms with Gasteiger partial charge in [-0.15, -0.1) is 0 Å². The van der Waals surface area contributed by atoms with Gasteiger partial charge in [0.05, 0.1) is 0 Å². The Balaban J connectivity index is 2.31. The van der Waals surface area contributed by atoms with Crippen molar-refractivity contribution in [1.29, 1.82) is 0 Å². The summed E-state index contributed by atoms with van der Waals surface area (Å²) in [5.74, 6) is -0.801. The van der Waals surface area contributed by atoms with Crippen LogP contribution in [-0.4, -0.2) is 18.9 Å². The van der Waals surface area contributed by atoms with Crippen LogP contribution < -0.4 is 5.32 Å². The summed E-state index contributed by atoms with van der Waals surface area (Å²) in [5, 5.41) is 0.820. The fraction of sp³-hybridized carbons (Fsp3) is 0.0714. The van der Waals surface area contributed by atoms with Crippen LogP contribution in [0.2, 0.25) is 0 Å². The van der Waals surface area contributed by atoms with Gasteiger partial charge in [-0.3, -0.25) is 9.35 Å². The normalized spacial score (nSPS) is 12.7. The third-order valence-electron chi connectivity index (χ3n) is 2.68. The molecule has 2 aromatic rings. The highest BCUT2D eigenvalue weighted by atomic mass is 32.2. The van der Waals surface area contributed by atoms with Gasteiger partial charge >= 0.3 is 0 Å². The van der Waals surface area contributed by atoms with Gasteiger partial charge < -0.3 is 5.32 Å². The number of benzene rings is 2. The molecule has 0 aliphatic carbocycles. The molecule has 0 aliphatic heterocycles. The molecule has 0 unspecified atom stereocenters. The van der Waals surface area contributed by atoms with E-state index in [1.165, 1.54) is 12.1 Å². The van der Waals surface area contributed by atoms with Crippen LogP contribution in [0.3, 0.4) is 0 Å². The summed E-state index contributed by atoms with van der Waals surface area (Å²) in [6.45, 7) is 0. The van der Waals surface area contributed by atoms with Crippen molar-refractivity contribution in [2.24, 2.45) is 0 Å². The second kappa shape index (κ2) is 5.85. The van der Waals surface area contributed by atoms with Gasteiger partial charge in [-0.2, -0.15) is 8.42 Å². The van der Waals surface area contributed by atoms with E-state index >= 15 is 0 Å². The predicted molar refractivity (Wildman–Crippen MR) is 75.8 cm³/mol. The van der Waals surface area contributed by atoms with E-state index < -0.39 is 21.3 Å². The maximum atomic E-state index is 12.1. The van der Waals surface area contributed by atoms with Crippen molar-refractivity contribution >= 4 is 21.7 Å². The summed E-state index contributed by atoms with van der Waals surface area (Å²) in [5.41, 5.74) is 0.672. The number of hydrogen-bond acceptors (Lipinski definition) is 3. The van der Waals surface area contributed by atoms with E-state index in [-0.39, 0.29) is 5.56 Å². The lowest BCUT2D eigenvalue weighted by Crippen LogP contribution is -2.27. The lowest BCUT2D eigenvalue weighted by Gasteiger charge is -2.14. The zero-order chi connectivity index (χ0) is 14.6. The van der Waals surface area contributed by atoms with Gasteiger partial charge in [-0.05, 0) is 17.7 Å². The number of carbonyl (C=O) groups is 1. The number of nitrogens with one attached hydrogen (secondary N) is 1. The predicted octanol–water partition coefficient (Wildman–Crippen LogP) is 2.25. The fourth-order valence-electron chi connectivity index (χ4n) is 1.82. The molecular formula is C14H13NO4S. The molecule has 0 radical (unpaired) electrons. The number of rotatable bonds is 4. The Bertz CT molecular complexity index is 684. The molecular weight excluding hydrogens is 278 g/mol. The van der Waals surface area contributed by atoms with Crippen molar-refractivity contribution in [3.63, 3.8) is 0 Å². The molecule has 0 fully saturated rings. The van der Waals surface area contributed by atoms with Crippen LogP contribution in [0.5, 0.6) is 0 Å². The molecule has 0 saturated carbocycles. The fourth-order valence-corrected chi connectivity index (χ4v) is 2.65. The standard InChI is InChI=1S/C14H13NO4S/c16-14(15-12-9-5-2-6-10-12)13(20(17,18)19)11-7-3-1-4-8-11/h1-10,13H,(H,15,16)(H,17,18,19)/t13-/m0/s1. The number of para-hydroxylation sites is 1. The van der Waals surface area contributed by atoms with Crippen LogP contribution in [0.25, 0.3) is 0 Å². The zero-order valence-corrected chi connectivity index (χ0v) is 11.2. The van der Waals surface area contributed by atoms with E-state index in [1.54, 1.807) is 48.5 Å². The highest BCUT2D eigenvalue weighted by molar-refractivity contribution is 7.86. The highest BCUT2D eigenvalue weighted by Gasteiger charge is 2.32. The maximum absolute atomic E-state index is 12.1. The molecule has 2 rings (SSSR count). The molecule has 2 N–H and O–H groups in total. The van der Waals surface area contributed by atoms with Crippen LogP contribution in [0, 0.1) is 0 Å². The monoisotopic (exact) mass is 291 g/mol. The third-order valence-corrected chi connectivity index (χ3v) is 3.76. The van der Waals surface area contributed by atoms with E-state index in [0.717, 1.165) is 0 Å². The molecule has 20 heavy (non-hydrogen) atoms. The van der Waals surface area contributed by atoms with Gasteiger partial charge in [0.2, 0.25) is 5.91 Å². The Hall–Kier alpha value is -2.18. The Kier molecular flexibility index (Phi) is 4.16. The first kappa shape index (κ1) is 14.2. The largest absolute Gasteiger partial charge is 0.325 e. The van der Waals surface area contributed by atoms with Crippen LogP contribution >= 0.6 is 0 Å². The van der Waals surface area contributed by atoms with Crippen LogP contribution in [-0.2, 0) is 14.9 Å². The number of carbonyl (C=O) groups excluding carboxylic acids is 1. The summed E-state index contributed by atoms with van der Waals surface area (Å²) in [6, 6.07) is 16.3. The summed E-state index contributed by atoms with van der Waals surface area (Å²) >= 11 is 0. The first-order valence-corrected chi connectivity index (χ1v) is 7.36. The smallest absolute Gasteiger partial charge is 0.281 e. The van der Waals surface area contributed by atoms with Crippen LogP contribution in [0.4, 0.5) is 5.69 Å². The summed E-state index contributed by atoms with van der Waals surface area (Å²) in [6.07, 6.45) is 0. The average Bonchev–Trinajstić information content (AvgIpc) is 2.39. The Morgan fingerprint density at radius 1 is 0.950 bits per heavy atom. The second-order valence-corrected chi connectivity index (χ2v) is 5.66. The minimum atomic E-state index is -4.55. The van der Waals surface area contributed by atoms with Crippen LogP contribution in [0.1, 0.15) is 10.8 Å². The van der Waals surface area contributed by atoms with Crippen molar-refractivity contribution < 1.29 is 17.8 Å².